The third-order valence-electron chi connectivity index (χ3n) is 5.53. The van der Waals surface area contributed by atoms with Gasteiger partial charge in [0, 0.05) is 26.2 Å². The van der Waals surface area contributed by atoms with E-state index in [4.69, 9.17) is 19.2 Å². The Morgan fingerprint density at radius 3 is 2.18 bits per heavy atom. The van der Waals surface area contributed by atoms with Crippen molar-refractivity contribution >= 4 is 42.4 Å². The highest BCUT2D eigenvalue weighted by molar-refractivity contribution is 7.92. The van der Waals surface area contributed by atoms with Gasteiger partial charge in [-0.15, -0.1) is 0 Å². The fourth-order valence-corrected chi connectivity index (χ4v) is 6.03. The fraction of sp³-hybridized carbons (Fsp3) is 0.364. The third kappa shape index (κ3) is 4.69. The first kappa shape index (κ1) is 23.1. The average molecular weight is 492 g/mol. The molecule has 3 aromatic rings. The van der Waals surface area contributed by atoms with Crippen molar-refractivity contribution in [1.82, 2.24) is 9.88 Å². The zero-order valence-corrected chi connectivity index (χ0v) is 20.2. The van der Waals surface area contributed by atoms with Gasteiger partial charge in [0.15, 0.2) is 15.0 Å². The van der Waals surface area contributed by atoms with Crippen molar-refractivity contribution in [2.24, 2.45) is 0 Å². The van der Waals surface area contributed by atoms with Crippen molar-refractivity contribution in [2.75, 3.05) is 58.2 Å². The van der Waals surface area contributed by atoms with Crippen molar-refractivity contribution in [3.8, 4) is 17.2 Å². The minimum absolute atomic E-state index is 0.104. The summed E-state index contributed by atoms with van der Waals surface area (Å²) in [5.74, 6) is 0.993. The summed E-state index contributed by atoms with van der Waals surface area (Å²) in [5.41, 5.74) is 0.737. The van der Waals surface area contributed by atoms with Crippen molar-refractivity contribution < 1.29 is 27.4 Å². The predicted molar refractivity (Wildman–Crippen MR) is 127 cm³/mol. The van der Waals surface area contributed by atoms with E-state index in [9.17, 15) is 13.2 Å². The Morgan fingerprint density at radius 1 is 0.939 bits per heavy atom. The molecule has 4 rings (SSSR count). The van der Waals surface area contributed by atoms with Crippen molar-refractivity contribution in [3.63, 3.8) is 0 Å². The number of aromatic nitrogens is 1. The zero-order valence-electron chi connectivity index (χ0n) is 18.6. The van der Waals surface area contributed by atoms with E-state index in [1.807, 2.05) is 12.1 Å². The number of amides is 1. The Bertz CT molecular complexity index is 1210. The van der Waals surface area contributed by atoms with Gasteiger partial charge in [0.2, 0.25) is 5.91 Å². The van der Waals surface area contributed by atoms with E-state index in [1.54, 1.807) is 31.3 Å². The molecular weight excluding hydrogens is 466 g/mol. The van der Waals surface area contributed by atoms with Crippen LogP contribution in [0.1, 0.15) is 0 Å². The third-order valence-corrected chi connectivity index (χ3v) is 8.28. The molecule has 9 nitrogen and oxygen atoms in total. The molecule has 0 spiro atoms. The summed E-state index contributed by atoms with van der Waals surface area (Å²) in [5, 5.41) is 0.811. The molecule has 0 saturated carbocycles. The quantitative estimate of drug-likeness (QED) is 0.497. The summed E-state index contributed by atoms with van der Waals surface area (Å²) in [6.45, 7) is 1.94. The number of methoxy groups -OCH3 is 3. The first-order chi connectivity index (χ1) is 15.9. The van der Waals surface area contributed by atoms with Gasteiger partial charge in [-0.05, 0) is 36.4 Å². The Balaban J connectivity index is 1.42. The van der Waals surface area contributed by atoms with E-state index in [-0.39, 0.29) is 4.90 Å². The maximum Gasteiger partial charge on any atom is 0.238 e. The van der Waals surface area contributed by atoms with E-state index in [1.165, 1.54) is 30.6 Å². The summed E-state index contributed by atoms with van der Waals surface area (Å²) < 4.78 is 42.2. The summed E-state index contributed by atoms with van der Waals surface area (Å²) >= 11 is 1.50. The van der Waals surface area contributed by atoms with Crippen LogP contribution < -0.4 is 19.1 Å². The number of thiazole rings is 1. The lowest BCUT2D eigenvalue weighted by atomic mass is 10.3. The minimum atomic E-state index is -3.73. The molecule has 0 unspecified atom stereocenters. The molecule has 1 saturated heterocycles. The van der Waals surface area contributed by atoms with E-state index in [0.29, 0.717) is 37.7 Å². The molecule has 1 aliphatic heterocycles. The van der Waals surface area contributed by atoms with Crippen LogP contribution in [0, 0.1) is 0 Å². The average Bonchev–Trinajstić information content (AvgIpc) is 3.29. The highest BCUT2D eigenvalue weighted by Crippen LogP contribution is 2.40. The molecule has 1 amide bonds. The van der Waals surface area contributed by atoms with Gasteiger partial charge in [0.1, 0.15) is 33.2 Å². The summed E-state index contributed by atoms with van der Waals surface area (Å²) in [6.07, 6.45) is 0. The maximum atomic E-state index is 12.7. The molecule has 176 valence electrons. The van der Waals surface area contributed by atoms with Gasteiger partial charge in [0.25, 0.3) is 0 Å². The number of nitrogens with zero attached hydrogens (tertiary/aromatic N) is 3. The van der Waals surface area contributed by atoms with Gasteiger partial charge in [-0.1, -0.05) is 11.3 Å². The van der Waals surface area contributed by atoms with Crippen LogP contribution >= 0.6 is 11.3 Å². The van der Waals surface area contributed by atoms with Crippen molar-refractivity contribution in [2.45, 2.75) is 4.90 Å². The highest BCUT2D eigenvalue weighted by atomic mass is 32.2. The normalized spacial score (nSPS) is 14.4. The number of hydrogen-bond donors (Lipinski definition) is 0. The SMILES string of the molecule is COc1ccc(S(=O)(=O)CC(=O)N2CCN(c3nc4c(OC)ccc(OC)c4s3)CC2)cc1. The molecule has 2 aromatic carbocycles. The second kappa shape index (κ2) is 9.44. The number of piperazine rings is 1. The van der Waals surface area contributed by atoms with Crippen LogP contribution in [0.2, 0.25) is 0 Å². The molecule has 1 fully saturated rings. The smallest absolute Gasteiger partial charge is 0.238 e. The number of sulfone groups is 1. The summed E-state index contributed by atoms with van der Waals surface area (Å²) in [7, 11) is 0.995. The Morgan fingerprint density at radius 2 is 1.58 bits per heavy atom. The molecule has 33 heavy (non-hydrogen) atoms. The van der Waals surface area contributed by atoms with E-state index >= 15 is 0 Å². The van der Waals surface area contributed by atoms with Gasteiger partial charge in [-0.25, -0.2) is 13.4 Å². The molecule has 0 atom stereocenters. The lowest BCUT2D eigenvalue weighted by molar-refractivity contribution is -0.128. The van der Waals surface area contributed by atoms with E-state index in [0.717, 1.165) is 21.1 Å². The lowest BCUT2D eigenvalue weighted by Crippen LogP contribution is -2.50. The first-order valence-electron chi connectivity index (χ1n) is 10.3. The maximum absolute atomic E-state index is 12.7. The number of ether oxygens (including phenoxy) is 3. The van der Waals surface area contributed by atoms with Crippen LogP contribution in [0.4, 0.5) is 5.13 Å². The number of hydrogen-bond acceptors (Lipinski definition) is 9. The Hall–Kier alpha value is -3.05. The van der Waals surface area contributed by atoms with Crippen LogP contribution in [0.3, 0.4) is 0 Å². The minimum Gasteiger partial charge on any atom is -0.497 e. The fourth-order valence-electron chi connectivity index (χ4n) is 3.68. The number of carbonyl (C=O) groups excluding carboxylic acids is 1. The number of benzene rings is 2. The molecule has 0 aliphatic carbocycles. The standard InChI is InChI=1S/C22H25N3O6S2/c1-29-15-4-6-16(7-5-15)33(27,28)14-19(26)24-10-12-25(13-11-24)22-23-20-17(30-2)8-9-18(31-3)21(20)32-22/h4-9H,10-14H2,1-3H3. The lowest BCUT2D eigenvalue weighted by Gasteiger charge is -2.34. The number of anilines is 1. The second-order valence-corrected chi connectivity index (χ2v) is 10.4. The molecular formula is C22H25N3O6S2. The van der Waals surface area contributed by atoms with Crippen LogP contribution in [-0.2, 0) is 14.6 Å². The topological polar surface area (TPSA) is 98.3 Å². The Kier molecular flexibility index (Phi) is 6.61. The van der Waals surface area contributed by atoms with Gasteiger partial charge in [0.05, 0.1) is 26.2 Å². The largest absolute Gasteiger partial charge is 0.497 e. The highest BCUT2D eigenvalue weighted by Gasteiger charge is 2.28. The van der Waals surface area contributed by atoms with Crippen molar-refractivity contribution in [3.05, 3.63) is 36.4 Å². The van der Waals surface area contributed by atoms with E-state index < -0.39 is 21.5 Å². The number of rotatable bonds is 7. The van der Waals surface area contributed by atoms with Crippen LogP contribution in [0.15, 0.2) is 41.3 Å². The summed E-state index contributed by atoms with van der Waals surface area (Å²) in [4.78, 5) is 21.2. The molecule has 11 heteroatoms. The van der Waals surface area contributed by atoms with Crippen LogP contribution in [0.5, 0.6) is 17.2 Å². The monoisotopic (exact) mass is 491 g/mol. The second-order valence-electron chi connectivity index (χ2n) is 7.45. The summed E-state index contributed by atoms with van der Waals surface area (Å²) in [6, 6.07) is 9.72. The first-order valence-corrected chi connectivity index (χ1v) is 12.7. The molecule has 0 bridgehead atoms. The zero-order chi connectivity index (χ0) is 23.6. The van der Waals surface area contributed by atoms with Crippen molar-refractivity contribution in [1.29, 1.82) is 0 Å². The van der Waals surface area contributed by atoms with Gasteiger partial charge < -0.3 is 24.0 Å². The molecule has 1 aliphatic rings. The molecule has 0 radical (unpaired) electrons. The van der Waals surface area contributed by atoms with Gasteiger partial charge in [-0.2, -0.15) is 0 Å². The van der Waals surface area contributed by atoms with E-state index in [2.05, 4.69) is 4.90 Å². The number of carbonyl (C=O) groups is 1. The van der Waals surface area contributed by atoms with Gasteiger partial charge in [-0.3, -0.25) is 4.79 Å². The number of fused-ring (bicyclic) bond motifs is 1. The van der Waals surface area contributed by atoms with Crippen LogP contribution in [-0.4, -0.2) is 77.5 Å². The molecule has 1 aromatic heterocycles. The van der Waals surface area contributed by atoms with Crippen LogP contribution in [0.25, 0.3) is 10.2 Å². The van der Waals surface area contributed by atoms with Gasteiger partial charge >= 0.3 is 0 Å². The molecule has 0 N–H and O–H groups in total. The molecule has 2 heterocycles. The predicted octanol–water partition coefficient (Wildman–Crippen LogP) is 2.44. The Labute approximate surface area is 196 Å².